The highest BCUT2D eigenvalue weighted by Crippen LogP contribution is 2.18. The Bertz CT molecular complexity index is 227. The molecule has 0 aromatic rings. The molecule has 0 saturated heterocycles. The van der Waals surface area contributed by atoms with Crippen molar-refractivity contribution in [3.8, 4) is 0 Å². The zero-order valence-corrected chi connectivity index (χ0v) is 8.79. The summed E-state index contributed by atoms with van der Waals surface area (Å²) < 4.78 is 0. The summed E-state index contributed by atoms with van der Waals surface area (Å²) in [6.07, 6.45) is 3.76. The van der Waals surface area contributed by atoms with Crippen molar-refractivity contribution in [2.45, 2.75) is 38.1 Å². The molecule has 0 aliphatic heterocycles. The quantitative estimate of drug-likeness (QED) is 0.502. The number of rotatable bonds is 7. The third-order valence-corrected chi connectivity index (χ3v) is 2.20. The second-order valence-electron chi connectivity index (χ2n) is 3.80. The molecular weight excluding hydrogens is 196 g/mol. The van der Waals surface area contributed by atoms with Gasteiger partial charge in [0.25, 0.3) is 0 Å². The van der Waals surface area contributed by atoms with Crippen LogP contribution >= 0.6 is 0 Å². The third-order valence-electron chi connectivity index (χ3n) is 2.20. The molecule has 5 nitrogen and oxygen atoms in total. The predicted molar refractivity (Wildman–Crippen MR) is 55.1 cm³/mol. The second-order valence-corrected chi connectivity index (χ2v) is 3.80. The van der Waals surface area contributed by atoms with Gasteiger partial charge in [-0.05, 0) is 25.7 Å². The van der Waals surface area contributed by atoms with Crippen LogP contribution in [0.5, 0.6) is 0 Å². The molecule has 86 valence electrons. The highest BCUT2D eigenvalue weighted by Gasteiger charge is 2.22. The summed E-state index contributed by atoms with van der Waals surface area (Å²) in [4.78, 5) is 22.3. The van der Waals surface area contributed by atoms with E-state index in [0.717, 1.165) is 12.8 Å². The molecule has 0 aromatic heterocycles. The maximum Gasteiger partial charge on any atom is 0.239 e. The molecule has 1 fully saturated rings. The SMILES string of the molecule is O=C(CCCCO)NCC(=O)NC1CC1. The Morgan fingerprint density at radius 2 is 1.93 bits per heavy atom. The molecule has 0 unspecified atom stereocenters. The molecule has 0 aromatic carbocycles. The highest BCUT2D eigenvalue weighted by molar-refractivity contribution is 5.84. The maximum atomic E-state index is 11.2. The van der Waals surface area contributed by atoms with Crippen LogP contribution in [0, 0.1) is 0 Å². The largest absolute Gasteiger partial charge is 0.396 e. The van der Waals surface area contributed by atoms with E-state index in [1.54, 1.807) is 0 Å². The van der Waals surface area contributed by atoms with Crippen LogP contribution < -0.4 is 10.6 Å². The smallest absolute Gasteiger partial charge is 0.239 e. The number of hydrogen-bond donors (Lipinski definition) is 3. The summed E-state index contributed by atoms with van der Waals surface area (Å²) >= 11 is 0. The molecular formula is C10H18N2O3. The van der Waals surface area contributed by atoms with E-state index in [2.05, 4.69) is 10.6 Å². The third kappa shape index (κ3) is 6.06. The minimum Gasteiger partial charge on any atom is -0.396 e. The van der Waals surface area contributed by atoms with Gasteiger partial charge < -0.3 is 15.7 Å². The molecule has 1 rings (SSSR count). The molecule has 1 aliphatic carbocycles. The molecule has 15 heavy (non-hydrogen) atoms. The molecule has 0 atom stereocenters. The van der Waals surface area contributed by atoms with E-state index in [0.29, 0.717) is 25.3 Å². The van der Waals surface area contributed by atoms with Gasteiger partial charge in [0.15, 0.2) is 0 Å². The van der Waals surface area contributed by atoms with Crippen molar-refractivity contribution in [1.29, 1.82) is 0 Å². The minimum absolute atomic E-state index is 0.0639. The standard InChI is InChI=1S/C10H18N2O3/c13-6-2-1-3-9(14)11-7-10(15)12-8-4-5-8/h8,13H,1-7H2,(H,11,14)(H,12,15). The van der Waals surface area contributed by atoms with E-state index in [1.165, 1.54) is 0 Å². The van der Waals surface area contributed by atoms with Gasteiger partial charge in [0.1, 0.15) is 0 Å². The number of unbranched alkanes of at least 4 members (excludes halogenated alkanes) is 1. The molecule has 0 radical (unpaired) electrons. The van der Waals surface area contributed by atoms with Crippen LogP contribution in [0.1, 0.15) is 32.1 Å². The van der Waals surface area contributed by atoms with E-state index >= 15 is 0 Å². The first-order chi connectivity index (χ1) is 7.22. The Kier molecular flexibility index (Phi) is 5.10. The van der Waals surface area contributed by atoms with Gasteiger partial charge in [0.2, 0.25) is 11.8 Å². The van der Waals surface area contributed by atoms with Crippen LogP contribution in [0.4, 0.5) is 0 Å². The van der Waals surface area contributed by atoms with Gasteiger partial charge in [0, 0.05) is 19.1 Å². The molecule has 2 amide bonds. The van der Waals surface area contributed by atoms with Gasteiger partial charge in [-0.25, -0.2) is 0 Å². The maximum absolute atomic E-state index is 11.2. The van der Waals surface area contributed by atoms with Crippen molar-refractivity contribution in [2.24, 2.45) is 0 Å². The summed E-state index contributed by atoms with van der Waals surface area (Å²) in [6.45, 7) is 0.171. The molecule has 3 N–H and O–H groups in total. The van der Waals surface area contributed by atoms with Gasteiger partial charge in [-0.1, -0.05) is 0 Å². The number of hydrogen-bond acceptors (Lipinski definition) is 3. The molecule has 0 heterocycles. The molecule has 1 aliphatic rings. The van der Waals surface area contributed by atoms with Crippen LogP contribution in [-0.4, -0.2) is 36.1 Å². The molecule has 0 spiro atoms. The van der Waals surface area contributed by atoms with Gasteiger partial charge in [-0.3, -0.25) is 9.59 Å². The number of amides is 2. The zero-order chi connectivity index (χ0) is 11.1. The van der Waals surface area contributed by atoms with Crippen LogP contribution in [0.25, 0.3) is 0 Å². The second kappa shape index (κ2) is 6.40. The highest BCUT2D eigenvalue weighted by atomic mass is 16.3. The van der Waals surface area contributed by atoms with Gasteiger partial charge >= 0.3 is 0 Å². The number of aliphatic hydroxyl groups is 1. The van der Waals surface area contributed by atoms with Crippen molar-refractivity contribution in [3.05, 3.63) is 0 Å². The van der Waals surface area contributed by atoms with Crippen LogP contribution in [-0.2, 0) is 9.59 Å². The van der Waals surface area contributed by atoms with E-state index < -0.39 is 0 Å². The van der Waals surface area contributed by atoms with Crippen LogP contribution in [0.15, 0.2) is 0 Å². The Labute approximate surface area is 89.2 Å². The number of carbonyl (C=O) groups is 2. The van der Waals surface area contributed by atoms with Crippen molar-refractivity contribution < 1.29 is 14.7 Å². The Morgan fingerprint density at radius 1 is 1.20 bits per heavy atom. The van der Waals surface area contributed by atoms with E-state index in [-0.39, 0.29) is 25.0 Å². The lowest BCUT2D eigenvalue weighted by Gasteiger charge is -2.05. The summed E-state index contributed by atoms with van der Waals surface area (Å²) in [6, 6.07) is 0.337. The van der Waals surface area contributed by atoms with E-state index in [9.17, 15) is 9.59 Å². The van der Waals surface area contributed by atoms with Crippen molar-refractivity contribution in [1.82, 2.24) is 10.6 Å². The average molecular weight is 214 g/mol. The Balaban J connectivity index is 1.97. The fraction of sp³-hybridized carbons (Fsp3) is 0.800. The first-order valence-electron chi connectivity index (χ1n) is 5.39. The molecule has 5 heteroatoms. The number of aliphatic hydroxyl groups excluding tert-OH is 1. The number of nitrogens with one attached hydrogen (secondary N) is 2. The monoisotopic (exact) mass is 214 g/mol. The van der Waals surface area contributed by atoms with Gasteiger partial charge in [0.05, 0.1) is 6.54 Å². The Hall–Kier alpha value is -1.10. The van der Waals surface area contributed by atoms with Gasteiger partial charge in [-0.2, -0.15) is 0 Å². The van der Waals surface area contributed by atoms with Crippen molar-refractivity contribution in [3.63, 3.8) is 0 Å². The summed E-state index contributed by atoms with van der Waals surface area (Å²) in [7, 11) is 0. The number of carbonyl (C=O) groups excluding carboxylic acids is 2. The summed E-state index contributed by atoms with van der Waals surface area (Å²) in [5.74, 6) is -0.248. The van der Waals surface area contributed by atoms with Crippen molar-refractivity contribution >= 4 is 11.8 Å². The summed E-state index contributed by atoms with van der Waals surface area (Å²) in [5.41, 5.74) is 0. The van der Waals surface area contributed by atoms with Crippen molar-refractivity contribution in [2.75, 3.05) is 13.2 Å². The predicted octanol–water partition coefficient (Wildman–Crippen LogP) is -0.456. The van der Waals surface area contributed by atoms with Crippen LogP contribution in [0.2, 0.25) is 0 Å². The minimum atomic E-state index is -0.130. The lowest BCUT2D eigenvalue weighted by Crippen LogP contribution is -2.37. The van der Waals surface area contributed by atoms with E-state index in [1.807, 2.05) is 0 Å². The first kappa shape index (κ1) is 12.0. The van der Waals surface area contributed by atoms with Gasteiger partial charge in [-0.15, -0.1) is 0 Å². The first-order valence-corrected chi connectivity index (χ1v) is 5.39. The Morgan fingerprint density at radius 3 is 2.53 bits per heavy atom. The van der Waals surface area contributed by atoms with E-state index in [4.69, 9.17) is 5.11 Å². The molecule has 0 bridgehead atoms. The topological polar surface area (TPSA) is 78.4 Å². The zero-order valence-electron chi connectivity index (χ0n) is 8.79. The van der Waals surface area contributed by atoms with Crippen LogP contribution in [0.3, 0.4) is 0 Å². The fourth-order valence-electron chi connectivity index (χ4n) is 1.17. The lowest BCUT2D eigenvalue weighted by molar-refractivity contribution is -0.126. The fourth-order valence-corrected chi connectivity index (χ4v) is 1.17. The average Bonchev–Trinajstić information content (AvgIpc) is 2.99. The summed E-state index contributed by atoms with van der Waals surface area (Å²) in [5, 5.41) is 13.8. The normalized spacial score (nSPS) is 14.7. The lowest BCUT2D eigenvalue weighted by atomic mass is 10.2. The molecule has 1 saturated carbocycles.